The van der Waals surface area contributed by atoms with Crippen molar-refractivity contribution in [2.75, 3.05) is 13.2 Å². The molecule has 0 aliphatic rings. The second kappa shape index (κ2) is 10.8. The summed E-state index contributed by atoms with van der Waals surface area (Å²) in [4.78, 5) is 0. The molecule has 0 bridgehead atoms. The van der Waals surface area contributed by atoms with Gasteiger partial charge in [0.2, 0.25) is 0 Å². The highest BCUT2D eigenvalue weighted by Gasteiger charge is 2.23. The summed E-state index contributed by atoms with van der Waals surface area (Å²) in [5.41, 5.74) is 2.21. The third-order valence-corrected chi connectivity index (χ3v) is 6.43. The van der Waals surface area contributed by atoms with Gasteiger partial charge >= 0.3 is 6.72 Å². The van der Waals surface area contributed by atoms with Gasteiger partial charge in [-0.2, -0.15) is 0 Å². The van der Waals surface area contributed by atoms with Crippen LogP contribution in [-0.4, -0.2) is 13.2 Å². The fraction of sp³-hybridized carbons (Fsp3) is 0.263. The van der Waals surface area contributed by atoms with E-state index in [-0.39, 0.29) is 0 Å². The first-order valence-electron chi connectivity index (χ1n) is 8.16. The van der Waals surface area contributed by atoms with E-state index in [1.807, 2.05) is 67.8 Å². The van der Waals surface area contributed by atoms with Crippen LogP contribution in [0.4, 0.5) is 0 Å². The zero-order chi connectivity index (χ0) is 18.0. The zero-order valence-corrected chi connectivity index (χ0v) is 17.0. The van der Waals surface area contributed by atoms with Gasteiger partial charge in [-0.1, -0.05) is 60.7 Å². The summed E-state index contributed by atoms with van der Waals surface area (Å²) >= 11 is 7.17. The molecule has 0 radical (unpaired) electrons. The fourth-order valence-electron chi connectivity index (χ4n) is 2.06. The Morgan fingerprint density at radius 2 is 1.52 bits per heavy atom. The maximum absolute atomic E-state index is 6.06. The topological polar surface area (TPSA) is 27.7 Å². The van der Waals surface area contributed by atoms with E-state index in [0.717, 1.165) is 11.3 Å². The second-order valence-corrected chi connectivity index (χ2v) is 8.81. The molecular weight excluding hydrogens is 371 g/mol. The normalized spacial score (nSPS) is 12.2. The molecule has 0 heterocycles. The summed E-state index contributed by atoms with van der Waals surface area (Å²) in [7, 11) is 0. The first kappa shape index (κ1) is 20.2. The number of thioether (sulfide) groups is 1. The average molecular weight is 394 g/mol. The Kier molecular flexibility index (Phi) is 8.73. The Morgan fingerprint density at radius 3 is 2.08 bits per heavy atom. The third kappa shape index (κ3) is 6.96. The van der Waals surface area contributed by atoms with Gasteiger partial charge in [0.1, 0.15) is 5.76 Å². The van der Waals surface area contributed by atoms with E-state index in [9.17, 15) is 0 Å². The lowest BCUT2D eigenvalue weighted by atomic mass is 10.2. The summed E-state index contributed by atoms with van der Waals surface area (Å²) in [6, 6.07) is 20.2. The van der Waals surface area contributed by atoms with Crippen LogP contribution in [0.5, 0.6) is 0 Å². The molecule has 2 aromatic rings. The van der Waals surface area contributed by atoms with Gasteiger partial charge in [0.15, 0.2) is 0 Å². The van der Waals surface area contributed by atoms with Crippen LogP contribution in [0, 0.1) is 0 Å². The van der Waals surface area contributed by atoms with Gasteiger partial charge in [-0.15, -0.1) is 11.8 Å². The highest BCUT2D eigenvalue weighted by atomic mass is 32.5. The lowest BCUT2D eigenvalue weighted by molar-refractivity contribution is 0.210. The molecule has 0 N–H and O–H groups in total. The molecule has 2 aromatic carbocycles. The predicted molar refractivity (Wildman–Crippen MR) is 111 cm³/mol. The van der Waals surface area contributed by atoms with Crippen LogP contribution in [0.1, 0.15) is 25.0 Å². The second-order valence-electron chi connectivity index (χ2n) is 5.02. The minimum absolute atomic E-state index is 0.455. The van der Waals surface area contributed by atoms with Crippen molar-refractivity contribution in [1.82, 2.24) is 0 Å². The van der Waals surface area contributed by atoms with E-state index < -0.39 is 6.72 Å². The van der Waals surface area contributed by atoms with Crippen LogP contribution in [0.2, 0.25) is 0 Å². The summed E-state index contributed by atoms with van der Waals surface area (Å²) < 4.78 is 17.3. The van der Waals surface area contributed by atoms with Crippen molar-refractivity contribution in [1.29, 1.82) is 0 Å². The number of rotatable bonds is 10. The molecule has 6 heteroatoms. The molecule has 3 nitrogen and oxygen atoms in total. The molecule has 0 saturated heterocycles. The smallest absolute Gasteiger partial charge is 0.380 e. The molecule has 2 rings (SSSR count). The minimum Gasteiger partial charge on any atom is -0.423 e. The third-order valence-electron chi connectivity index (χ3n) is 3.13. The number of hydrogen-bond donors (Lipinski definition) is 0. The molecule has 0 fully saturated rings. The van der Waals surface area contributed by atoms with Crippen molar-refractivity contribution in [3.05, 3.63) is 77.2 Å². The van der Waals surface area contributed by atoms with Gasteiger partial charge in [-0.05, 0) is 19.4 Å². The monoisotopic (exact) mass is 394 g/mol. The first-order valence-corrected chi connectivity index (χ1v) is 11.8. The largest absolute Gasteiger partial charge is 0.423 e. The predicted octanol–water partition coefficient (Wildman–Crippen LogP) is 6.23. The fourth-order valence-corrected chi connectivity index (χ4v) is 5.02. The molecule has 25 heavy (non-hydrogen) atoms. The Bertz CT molecular complexity index is 695. The SMILES string of the molecule is CCOP(=S)(OCC)OC(=CSCc1ccccc1)c1ccccc1. The Morgan fingerprint density at radius 1 is 0.960 bits per heavy atom. The van der Waals surface area contributed by atoms with E-state index in [1.165, 1.54) is 5.56 Å². The van der Waals surface area contributed by atoms with Crippen molar-refractivity contribution in [3.63, 3.8) is 0 Å². The first-order chi connectivity index (χ1) is 12.2. The van der Waals surface area contributed by atoms with E-state index >= 15 is 0 Å². The van der Waals surface area contributed by atoms with Gasteiger partial charge in [-0.25, -0.2) is 0 Å². The van der Waals surface area contributed by atoms with Gasteiger partial charge in [0.25, 0.3) is 0 Å². The Labute approximate surface area is 159 Å². The summed E-state index contributed by atoms with van der Waals surface area (Å²) in [6.07, 6.45) is 0. The Hall–Kier alpha value is -1.10. The van der Waals surface area contributed by atoms with Crippen LogP contribution >= 0.6 is 18.5 Å². The van der Waals surface area contributed by atoms with Gasteiger partial charge < -0.3 is 4.52 Å². The van der Waals surface area contributed by atoms with E-state index in [2.05, 4.69) is 12.1 Å². The molecule has 0 aromatic heterocycles. The lowest BCUT2D eigenvalue weighted by Crippen LogP contribution is -2.00. The Balaban J connectivity index is 2.18. The van der Waals surface area contributed by atoms with Crippen LogP contribution in [0.25, 0.3) is 5.76 Å². The van der Waals surface area contributed by atoms with Crippen molar-refractivity contribution in [2.45, 2.75) is 19.6 Å². The maximum atomic E-state index is 6.06. The summed E-state index contributed by atoms with van der Waals surface area (Å²) in [6.45, 7) is 1.89. The highest BCUT2D eigenvalue weighted by molar-refractivity contribution is 8.07. The van der Waals surface area contributed by atoms with E-state index in [4.69, 9.17) is 25.4 Å². The molecule has 0 atom stereocenters. The zero-order valence-electron chi connectivity index (χ0n) is 14.5. The van der Waals surface area contributed by atoms with Gasteiger partial charge in [-0.3, -0.25) is 9.05 Å². The minimum atomic E-state index is -2.80. The lowest BCUT2D eigenvalue weighted by Gasteiger charge is -2.22. The van der Waals surface area contributed by atoms with Crippen LogP contribution in [0.15, 0.2) is 66.1 Å². The van der Waals surface area contributed by atoms with Crippen molar-refractivity contribution in [3.8, 4) is 0 Å². The van der Waals surface area contributed by atoms with E-state index in [1.54, 1.807) is 11.8 Å². The average Bonchev–Trinajstić information content (AvgIpc) is 2.63. The molecule has 0 aliphatic carbocycles. The number of hydrogen-bond acceptors (Lipinski definition) is 5. The number of benzene rings is 2. The molecule has 134 valence electrons. The van der Waals surface area contributed by atoms with Crippen LogP contribution in [-0.2, 0) is 31.1 Å². The van der Waals surface area contributed by atoms with Crippen molar-refractivity contribution in [2.24, 2.45) is 0 Å². The maximum Gasteiger partial charge on any atom is 0.380 e. The summed E-state index contributed by atoms with van der Waals surface area (Å²) in [5.74, 6) is 1.54. The quantitative estimate of drug-likeness (QED) is 0.352. The molecule has 0 unspecified atom stereocenters. The van der Waals surface area contributed by atoms with Gasteiger partial charge in [0.05, 0.1) is 13.2 Å². The molecule has 0 spiro atoms. The van der Waals surface area contributed by atoms with Crippen LogP contribution in [0.3, 0.4) is 0 Å². The molecule has 0 amide bonds. The van der Waals surface area contributed by atoms with Gasteiger partial charge in [0, 0.05) is 28.5 Å². The highest BCUT2D eigenvalue weighted by Crippen LogP contribution is 2.53. The van der Waals surface area contributed by atoms with Crippen molar-refractivity contribution >= 4 is 36.0 Å². The standard InChI is InChI=1S/C19H23O3PS2/c1-3-20-23(24,21-4-2)22-19(18-13-9-6-10-14-18)16-25-15-17-11-7-5-8-12-17/h5-14,16H,3-4,15H2,1-2H3. The summed E-state index contributed by atoms with van der Waals surface area (Å²) in [5, 5.41) is 1.99. The molecule has 0 aliphatic heterocycles. The molecular formula is C19H23O3PS2. The van der Waals surface area contributed by atoms with Crippen LogP contribution < -0.4 is 0 Å². The van der Waals surface area contributed by atoms with Crippen molar-refractivity contribution < 1.29 is 13.6 Å². The molecule has 0 saturated carbocycles. The van der Waals surface area contributed by atoms with E-state index in [0.29, 0.717) is 19.0 Å².